The summed E-state index contributed by atoms with van der Waals surface area (Å²) in [5, 5.41) is 11.5. The van der Waals surface area contributed by atoms with Crippen LogP contribution in [0, 0.1) is 5.92 Å². The number of amides is 1. The van der Waals surface area contributed by atoms with Crippen molar-refractivity contribution >= 4 is 23.2 Å². The second-order valence-corrected chi connectivity index (χ2v) is 5.79. The van der Waals surface area contributed by atoms with Gasteiger partial charge in [-0.2, -0.15) is 0 Å². The molecule has 6 heteroatoms. The van der Waals surface area contributed by atoms with Crippen LogP contribution >= 0.6 is 11.3 Å². The molecule has 1 aromatic heterocycles. The minimum absolute atomic E-state index is 0.274. The first-order chi connectivity index (χ1) is 8.93. The van der Waals surface area contributed by atoms with Gasteiger partial charge in [-0.1, -0.05) is 20.8 Å². The first kappa shape index (κ1) is 15.6. The van der Waals surface area contributed by atoms with Crippen molar-refractivity contribution in [2.24, 2.45) is 5.92 Å². The Kier molecular flexibility index (Phi) is 5.95. The molecule has 0 spiro atoms. The van der Waals surface area contributed by atoms with Crippen molar-refractivity contribution in [2.75, 3.05) is 13.1 Å². The van der Waals surface area contributed by atoms with Gasteiger partial charge in [0, 0.05) is 18.3 Å². The Bertz CT molecular complexity index is 443. The van der Waals surface area contributed by atoms with E-state index < -0.39 is 5.97 Å². The quantitative estimate of drug-likeness (QED) is 0.834. The Hall–Kier alpha value is -1.43. The molecule has 106 valence electrons. The van der Waals surface area contributed by atoms with Gasteiger partial charge in [-0.05, 0) is 12.3 Å². The number of carbonyl (C=O) groups is 2. The van der Waals surface area contributed by atoms with Crippen molar-refractivity contribution in [3.05, 3.63) is 16.1 Å². The van der Waals surface area contributed by atoms with Crippen molar-refractivity contribution in [3.63, 3.8) is 0 Å². The van der Waals surface area contributed by atoms with Crippen molar-refractivity contribution in [3.8, 4) is 0 Å². The zero-order valence-electron chi connectivity index (χ0n) is 11.5. The molecular formula is C13H20N2O3S. The molecule has 0 bridgehead atoms. The average Bonchev–Trinajstić information content (AvgIpc) is 2.74. The largest absolute Gasteiger partial charge is 0.480 e. The van der Waals surface area contributed by atoms with Gasteiger partial charge in [0.1, 0.15) is 12.2 Å². The number of hydrogen-bond donors (Lipinski definition) is 1. The van der Waals surface area contributed by atoms with Gasteiger partial charge in [-0.3, -0.25) is 9.59 Å². The lowest BCUT2D eigenvalue weighted by Crippen LogP contribution is -2.36. The van der Waals surface area contributed by atoms with E-state index in [1.54, 1.807) is 5.38 Å². The maximum absolute atomic E-state index is 12.2. The number of thiazole rings is 1. The lowest BCUT2D eigenvalue weighted by Gasteiger charge is -2.18. The number of nitrogens with zero attached hydrogens (tertiary/aromatic N) is 2. The number of hydrogen-bond acceptors (Lipinski definition) is 4. The Morgan fingerprint density at radius 1 is 1.47 bits per heavy atom. The molecule has 19 heavy (non-hydrogen) atoms. The summed E-state index contributed by atoms with van der Waals surface area (Å²) in [6.45, 7) is 6.26. The van der Waals surface area contributed by atoms with E-state index >= 15 is 0 Å². The van der Waals surface area contributed by atoms with Gasteiger partial charge in [-0.25, -0.2) is 4.98 Å². The highest BCUT2D eigenvalue weighted by Crippen LogP contribution is 2.15. The molecule has 0 aliphatic carbocycles. The minimum atomic E-state index is -1.00. The topological polar surface area (TPSA) is 70.5 Å². The fourth-order valence-electron chi connectivity index (χ4n) is 1.70. The zero-order chi connectivity index (χ0) is 14.4. The van der Waals surface area contributed by atoms with Crippen LogP contribution in [0.1, 0.15) is 42.7 Å². The van der Waals surface area contributed by atoms with Gasteiger partial charge < -0.3 is 10.0 Å². The van der Waals surface area contributed by atoms with Gasteiger partial charge in [0.25, 0.3) is 5.91 Å². The van der Waals surface area contributed by atoms with Crippen LogP contribution in [-0.2, 0) is 11.2 Å². The van der Waals surface area contributed by atoms with E-state index in [9.17, 15) is 9.59 Å². The highest BCUT2D eigenvalue weighted by molar-refractivity contribution is 7.09. The number of carboxylic acid groups (broad SMARTS) is 1. The molecule has 0 aliphatic rings. The third-order valence-corrected chi connectivity index (χ3v) is 3.33. The molecule has 1 amide bonds. The van der Waals surface area contributed by atoms with Crippen LogP contribution in [0.25, 0.3) is 0 Å². The molecule has 0 saturated heterocycles. The van der Waals surface area contributed by atoms with E-state index in [0.29, 0.717) is 18.2 Å². The Labute approximate surface area is 117 Å². The highest BCUT2D eigenvalue weighted by atomic mass is 32.1. The molecular weight excluding hydrogens is 264 g/mol. The van der Waals surface area contributed by atoms with Crippen molar-refractivity contribution in [1.82, 2.24) is 9.88 Å². The summed E-state index contributed by atoms with van der Waals surface area (Å²) >= 11 is 1.45. The molecule has 0 unspecified atom stereocenters. The first-order valence-corrected chi connectivity index (χ1v) is 7.27. The highest BCUT2D eigenvalue weighted by Gasteiger charge is 2.20. The third kappa shape index (κ3) is 4.98. The minimum Gasteiger partial charge on any atom is -0.480 e. The molecule has 0 radical (unpaired) electrons. The van der Waals surface area contributed by atoms with E-state index in [1.807, 2.05) is 6.92 Å². The van der Waals surface area contributed by atoms with Crippen LogP contribution in [0.5, 0.6) is 0 Å². The van der Waals surface area contributed by atoms with Gasteiger partial charge in [-0.15, -0.1) is 11.3 Å². The lowest BCUT2D eigenvalue weighted by atomic mass is 10.1. The standard InChI is InChI=1S/C13H20N2O3S/c1-4-5-15(7-12(16)17)13(18)10-8-19-11(14-10)6-9(2)3/h8-9H,4-7H2,1-3H3,(H,16,17). The van der Waals surface area contributed by atoms with Crippen molar-refractivity contribution < 1.29 is 14.7 Å². The lowest BCUT2D eigenvalue weighted by molar-refractivity contribution is -0.137. The SMILES string of the molecule is CCCN(CC(=O)O)C(=O)c1csc(CC(C)C)n1. The number of carboxylic acids is 1. The Morgan fingerprint density at radius 2 is 2.16 bits per heavy atom. The first-order valence-electron chi connectivity index (χ1n) is 6.39. The average molecular weight is 284 g/mol. The van der Waals surface area contributed by atoms with Crippen LogP contribution in [0.2, 0.25) is 0 Å². The predicted molar refractivity (Wildman–Crippen MR) is 74.5 cm³/mol. The number of aromatic nitrogens is 1. The Morgan fingerprint density at radius 3 is 2.68 bits per heavy atom. The van der Waals surface area contributed by atoms with Crippen LogP contribution < -0.4 is 0 Å². The molecule has 0 atom stereocenters. The van der Waals surface area contributed by atoms with Gasteiger partial charge in [0.2, 0.25) is 0 Å². The summed E-state index contributed by atoms with van der Waals surface area (Å²) in [5.74, 6) is -0.810. The zero-order valence-corrected chi connectivity index (χ0v) is 12.4. The third-order valence-electron chi connectivity index (χ3n) is 2.46. The molecule has 0 fully saturated rings. The summed E-state index contributed by atoms with van der Waals surface area (Å²) in [7, 11) is 0. The van der Waals surface area contributed by atoms with Gasteiger partial charge >= 0.3 is 5.97 Å². The second kappa shape index (κ2) is 7.23. The molecule has 0 aromatic carbocycles. The number of carbonyl (C=O) groups excluding carboxylic acids is 1. The van der Waals surface area contributed by atoms with Gasteiger partial charge in [0.15, 0.2) is 0 Å². The normalized spacial score (nSPS) is 10.7. The van der Waals surface area contributed by atoms with E-state index in [4.69, 9.17) is 5.11 Å². The molecule has 1 rings (SSSR count). The summed E-state index contributed by atoms with van der Waals surface area (Å²) in [4.78, 5) is 28.6. The maximum Gasteiger partial charge on any atom is 0.323 e. The summed E-state index contributed by atoms with van der Waals surface area (Å²) < 4.78 is 0. The van der Waals surface area contributed by atoms with E-state index in [1.165, 1.54) is 16.2 Å². The fourth-order valence-corrected chi connectivity index (χ4v) is 2.68. The maximum atomic E-state index is 12.2. The number of aliphatic carboxylic acids is 1. The molecule has 0 saturated carbocycles. The second-order valence-electron chi connectivity index (χ2n) is 4.84. The molecule has 1 N–H and O–H groups in total. The van der Waals surface area contributed by atoms with Crippen LogP contribution in [0.15, 0.2) is 5.38 Å². The Balaban J connectivity index is 2.78. The van der Waals surface area contributed by atoms with Crippen LogP contribution in [0.4, 0.5) is 0 Å². The monoisotopic (exact) mass is 284 g/mol. The predicted octanol–water partition coefficient (Wildman–Crippen LogP) is 2.28. The van der Waals surface area contributed by atoms with E-state index in [2.05, 4.69) is 18.8 Å². The van der Waals surface area contributed by atoms with Crippen molar-refractivity contribution in [1.29, 1.82) is 0 Å². The smallest absolute Gasteiger partial charge is 0.323 e. The van der Waals surface area contributed by atoms with Crippen LogP contribution in [0.3, 0.4) is 0 Å². The molecule has 1 heterocycles. The van der Waals surface area contributed by atoms with Crippen molar-refractivity contribution in [2.45, 2.75) is 33.6 Å². The molecule has 1 aromatic rings. The van der Waals surface area contributed by atoms with Gasteiger partial charge in [0.05, 0.1) is 5.01 Å². The molecule has 0 aliphatic heterocycles. The summed E-state index contributed by atoms with van der Waals surface area (Å²) in [6, 6.07) is 0. The molecule has 5 nitrogen and oxygen atoms in total. The summed E-state index contributed by atoms with van der Waals surface area (Å²) in [6.07, 6.45) is 1.56. The van der Waals surface area contributed by atoms with E-state index in [0.717, 1.165) is 17.8 Å². The summed E-state index contributed by atoms with van der Waals surface area (Å²) in [5.41, 5.74) is 0.357. The number of rotatable bonds is 7. The van der Waals surface area contributed by atoms with E-state index in [-0.39, 0.29) is 12.5 Å². The fraction of sp³-hybridized carbons (Fsp3) is 0.615. The van der Waals surface area contributed by atoms with Crippen LogP contribution in [-0.4, -0.2) is 40.0 Å².